The number of carbonyl (C=O) groups is 1. The molecule has 1 amide bonds. The predicted octanol–water partition coefficient (Wildman–Crippen LogP) is 1.77. The van der Waals surface area contributed by atoms with E-state index < -0.39 is 29.8 Å². The van der Waals surface area contributed by atoms with E-state index in [0.717, 1.165) is 12.8 Å². The third-order valence-electron chi connectivity index (χ3n) is 6.59. The molecule has 1 aromatic carbocycles. The Kier molecular flexibility index (Phi) is 6.31. The van der Waals surface area contributed by atoms with Gasteiger partial charge in [-0.3, -0.25) is 4.79 Å². The van der Waals surface area contributed by atoms with Gasteiger partial charge < -0.3 is 21.1 Å². The highest BCUT2D eigenvalue weighted by atomic mass is 19.4. The van der Waals surface area contributed by atoms with Crippen LogP contribution in [-0.2, 0) is 9.53 Å². The average Bonchev–Trinajstić information content (AvgIpc) is 3.14. The summed E-state index contributed by atoms with van der Waals surface area (Å²) in [5, 5.41) is 17.6. The van der Waals surface area contributed by atoms with E-state index in [4.69, 9.17) is 10.5 Å². The summed E-state index contributed by atoms with van der Waals surface area (Å²) < 4.78 is 44.3. The molecule has 3 heterocycles. The zero-order valence-corrected chi connectivity index (χ0v) is 17.5. The number of nitriles is 1. The van der Waals surface area contributed by atoms with Gasteiger partial charge >= 0.3 is 6.18 Å². The van der Waals surface area contributed by atoms with Crippen molar-refractivity contribution < 1.29 is 22.7 Å². The number of amides is 1. The molecule has 174 valence electrons. The summed E-state index contributed by atoms with van der Waals surface area (Å²) in [6.45, 7) is 1.58. The Labute approximate surface area is 184 Å². The van der Waals surface area contributed by atoms with Gasteiger partial charge in [-0.05, 0) is 37.0 Å². The monoisotopic (exact) mass is 452 g/mol. The maximum Gasteiger partial charge on any atom is 0.407 e. The molecular weight excluding hydrogens is 425 g/mol. The van der Waals surface area contributed by atoms with E-state index in [2.05, 4.69) is 22.1 Å². The number of carbonyl (C=O) groups excluding carboxylic acids is 1. The van der Waals surface area contributed by atoms with Crippen LogP contribution in [0.1, 0.15) is 37.3 Å². The van der Waals surface area contributed by atoms with Gasteiger partial charge in [0.05, 0.1) is 30.6 Å². The lowest BCUT2D eigenvalue weighted by atomic mass is 9.84. The zero-order chi connectivity index (χ0) is 22.9. The topological polar surface area (TPSA) is 115 Å². The Morgan fingerprint density at radius 1 is 1.38 bits per heavy atom. The molecule has 0 aliphatic carbocycles. The van der Waals surface area contributed by atoms with Crippen molar-refractivity contribution in [3.63, 3.8) is 0 Å². The van der Waals surface area contributed by atoms with Gasteiger partial charge in [-0.1, -0.05) is 12.1 Å². The molecule has 0 bridgehead atoms. The number of alkyl halides is 3. The van der Waals surface area contributed by atoms with Crippen molar-refractivity contribution >= 4 is 11.6 Å². The molecule has 11 heteroatoms. The van der Waals surface area contributed by atoms with Gasteiger partial charge in [0.1, 0.15) is 12.2 Å². The number of benzene rings is 1. The molecule has 4 unspecified atom stereocenters. The van der Waals surface area contributed by atoms with Crippen LogP contribution in [0.15, 0.2) is 24.3 Å². The Hall–Kier alpha value is -2.39. The number of ether oxygens (including phenoxy) is 1. The summed E-state index contributed by atoms with van der Waals surface area (Å²) in [5.74, 6) is -0.536. The third-order valence-corrected chi connectivity index (χ3v) is 6.59. The smallest absolute Gasteiger partial charge is 0.379 e. The second-order valence-corrected chi connectivity index (χ2v) is 8.65. The van der Waals surface area contributed by atoms with Crippen LogP contribution in [0.4, 0.5) is 18.9 Å². The van der Waals surface area contributed by atoms with Gasteiger partial charge in [0.15, 0.2) is 0 Å². The van der Waals surface area contributed by atoms with Crippen molar-refractivity contribution in [1.82, 2.24) is 15.8 Å². The Morgan fingerprint density at radius 2 is 2.12 bits per heavy atom. The lowest BCUT2D eigenvalue weighted by molar-refractivity contribution is -0.149. The van der Waals surface area contributed by atoms with Crippen molar-refractivity contribution in [2.75, 3.05) is 25.1 Å². The number of nitrogens with zero attached hydrogens (tertiary/aromatic N) is 2. The van der Waals surface area contributed by atoms with Crippen molar-refractivity contribution in [1.29, 1.82) is 5.26 Å². The summed E-state index contributed by atoms with van der Waals surface area (Å²) in [5.41, 5.74) is 8.67. The fraction of sp³-hybridized carbons (Fsp3) is 0.619. The van der Waals surface area contributed by atoms with Crippen molar-refractivity contribution in [2.45, 2.75) is 55.6 Å². The molecule has 4 rings (SSSR count). The van der Waals surface area contributed by atoms with Gasteiger partial charge in [-0.15, -0.1) is 0 Å². The van der Waals surface area contributed by atoms with E-state index in [0.29, 0.717) is 31.9 Å². The van der Waals surface area contributed by atoms with E-state index in [1.54, 1.807) is 0 Å². The first-order chi connectivity index (χ1) is 15.2. The number of nitrogens with one attached hydrogen (secondary N) is 3. The largest absolute Gasteiger partial charge is 0.407 e. The molecule has 0 aromatic heterocycles. The highest BCUT2D eigenvalue weighted by molar-refractivity contribution is 5.82. The first kappa shape index (κ1) is 22.8. The average molecular weight is 452 g/mol. The molecular formula is C21H27F3N6O2. The summed E-state index contributed by atoms with van der Waals surface area (Å²) in [6, 6.07) is 5.79. The number of hydrogen-bond acceptors (Lipinski definition) is 7. The summed E-state index contributed by atoms with van der Waals surface area (Å²) in [7, 11) is 0. The Balaban J connectivity index is 1.56. The number of nitrogens with two attached hydrogens (primary N) is 1. The SMILES string of the molecule is N#CC[C@@]1(N2NC(Nc3ccc(C(N)C(F)(F)F)cc3)C3C(=O)NCCC32)CCCOC1. The number of rotatable bonds is 5. The first-order valence-electron chi connectivity index (χ1n) is 10.7. The fourth-order valence-corrected chi connectivity index (χ4v) is 4.97. The fourth-order valence-electron chi connectivity index (χ4n) is 4.97. The van der Waals surface area contributed by atoms with Crippen molar-refractivity contribution in [3.05, 3.63) is 29.8 Å². The number of anilines is 1. The van der Waals surface area contributed by atoms with E-state index in [1.807, 2.05) is 5.01 Å². The quantitative estimate of drug-likeness (QED) is 0.538. The summed E-state index contributed by atoms with van der Waals surface area (Å²) in [4.78, 5) is 12.8. The molecule has 8 nitrogen and oxygen atoms in total. The maximum atomic E-state index is 12.9. The summed E-state index contributed by atoms with van der Waals surface area (Å²) in [6.07, 6.45) is -2.43. The molecule has 5 atom stereocenters. The highest BCUT2D eigenvalue weighted by Crippen LogP contribution is 2.39. The number of halogens is 3. The zero-order valence-electron chi connectivity index (χ0n) is 17.5. The van der Waals surface area contributed by atoms with E-state index in [-0.39, 0.29) is 23.9 Å². The van der Waals surface area contributed by atoms with Gasteiger partial charge in [-0.25, -0.2) is 10.4 Å². The highest BCUT2D eigenvalue weighted by Gasteiger charge is 2.54. The molecule has 3 saturated heterocycles. The van der Waals surface area contributed by atoms with Crippen LogP contribution in [-0.4, -0.2) is 54.6 Å². The number of piperidine rings is 1. The van der Waals surface area contributed by atoms with Crippen molar-refractivity contribution in [2.24, 2.45) is 11.7 Å². The Bertz CT molecular complexity index is 866. The standard InChI is InChI=1S/C21H27F3N6O2/c22-21(23,24)17(26)13-2-4-14(5-3-13)28-18-16-15(6-10-27-19(16)31)30(29-18)20(8-9-25)7-1-11-32-12-20/h2-5,15-18,28-29H,1,6-8,10-12,26H2,(H,27,31)/t15?,16?,17?,18?,20-/m0/s1. The van der Waals surface area contributed by atoms with Gasteiger partial charge in [0.25, 0.3) is 0 Å². The van der Waals surface area contributed by atoms with Gasteiger partial charge in [0, 0.05) is 24.9 Å². The molecule has 5 N–H and O–H groups in total. The summed E-state index contributed by atoms with van der Waals surface area (Å²) >= 11 is 0. The predicted molar refractivity (Wildman–Crippen MR) is 110 cm³/mol. The lowest BCUT2D eigenvalue weighted by Crippen LogP contribution is -2.61. The molecule has 3 aliphatic heterocycles. The van der Waals surface area contributed by atoms with Crippen LogP contribution in [0.25, 0.3) is 0 Å². The molecule has 0 saturated carbocycles. The van der Waals surface area contributed by atoms with Crippen LogP contribution in [0.3, 0.4) is 0 Å². The molecule has 1 aromatic rings. The number of hydrogen-bond donors (Lipinski definition) is 4. The number of hydrazine groups is 1. The second kappa shape index (κ2) is 8.86. The van der Waals surface area contributed by atoms with E-state index >= 15 is 0 Å². The normalized spacial score (nSPS) is 32.0. The van der Waals surface area contributed by atoms with Crippen LogP contribution < -0.4 is 21.8 Å². The molecule has 3 fully saturated rings. The minimum atomic E-state index is -4.52. The third kappa shape index (κ3) is 4.28. The van der Waals surface area contributed by atoms with Crippen LogP contribution in [0.2, 0.25) is 0 Å². The van der Waals surface area contributed by atoms with Crippen LogP contribution >= 0.6 is 0 Å². The maximum absolute atomic E-state index is 12.9. The van der Waals surface area contributed by atoms with Crippen LogP contribution in [0.5, 0.6) is 0 Å². The van der Waals surface area contributed by atoms with Gasteiger partial charge in [0.2, 0.25) is 5.91 Å². The molecule has 0 spiro atoms. The lowest BCUT2D eigenvalue weighted by Gasteiger charge is -2.46. The Morgan fingerprint density at radius 3 is 2.75 bits per heavy atom. The second-order valence-electron chi connectivity index (χ2n) is 8.65. The van der Waals surface area contributed by atoms with Crippen LogP contribution in [0, 0.1) is 17.2 Å². The molecule has 32 heavy (non-hydrogen) atoms. The van der Waals surface area contributed by atoms with Crippen molar-refractivity contribution in [3.8, 4) is 6.07 Å². The minimum absolute atomic E-state index is 0.0373. The number of fused-ring (bicyclic) bond motifs is 1. The first-order valence-corrected chi connectivity index (χ1v) is 10.7. The molecule has 0 radical (unpaired) electrons. The van der Waals surface area contributed by atoms with E-state index in [9.17, 15) is 23.2 Å². The van der Waals surface area contributed by atoms with E-state index in [1.165, 1.54) is 24.3 Å². The minimum Gasteiger partial charge on any atom is -0.379 e. The molecule has 3 aliphatic rings. The van der Waals surface area contributed by atoms with Gasteiger partial charge in [-0.2, -0.15) is 18.4 Å².